The number of H-pyrrole nitrogens is 1. The molecule has 2 aromatic rings. The molecule has 0 spiro atoms. The van der Waals surface area contributed by atoms with Gasteiger partial charge in [0.1, 0.15) is 0 Å². The molecule has 1 N–H and O–H groups in total. The first-order valence-electron chi connectivity index (χ1n) is 4.95. The zero-order valence-corrected chi connectivity index (χ0v) is 8.33. The van der Waals surface area contributed by atoms with Gasteiger partial charge in [-0.1, -0.05) is 37.3 Å². The third-order valence-corrected chi connectivity index (χ3v) is 2.37. The van der Waals surface area contributed by atoms with E-state index in [0.29, 0.717) is 0 Å². The predicted octanol–water partition coefficient (Wildman–Crippen LogP) is 2.56. The van der Waals surface area contributed by atoms with E-state index < -0.39 is 0 Å². The van der Waals surface area contributed by atoms with Gasteiger partial charge < -0.3 is 4.98 Å². The molecule has 0 fully saturated rings. The molecule has 2 rings (SSSR count). The Balaban J connectivity index is 2.19. The van der Waals surface area contributed by atoms with Gasteiger partial charge in [-0.05, 0) is 12.0 Å². The summed E-state index contributed by atoms with van der Waals surface area (Å²) in [5, 5.41) is 0. The lowest BCUT2D eigenvalue weighted by molar-refractivity contribution is 0.999. The number of hydrogen-bond acceptors (Lipinski definition) is 1. The van der Waals surface area contributed by atoms with Crippen LogP contribution in [0, 0.1) is 0 Å². The normalized spacial score (nSPS) is 10.4. The second-order valence-electron chi connectivity index (χ2n) is 3.34. The van der Waals surface area contributed by atoms with E-state index in [1.165, 1.54) is 17.0 Å². The SMILES string of the molecule is CCc1nc[nH]c1Cc1ccccc1. The largest absolute Gasteiger partial charge is 0.348 e. The summed E-state index contributed by atoms with van der Waals surface area (Å²) in [6.45, 7) is 2.13. The van der Waals surface area contributed by atoms with Gasteiger partial charge in [0.2, 0.25) is 0 Å². The van der Waals surface area contributed by atoms with Crippen LogP contribution in [0.2, 0.25) is 0 Å². The van der Waals surface area contributed by atoms with Gasteiger partial charge in [0.15, 0.2) is 0 Å². The van der Waals surface area contributed by atoms with Gasteiger partial charge in [-0.15, -0.1) is 0 Å². The van der Waals surface area contributed by atoms with E-state index in [2.05, 4.69) is 41.2 Å². The molecular formula is C12H14N2. The maximum absolute atomic E-state index is 4.28. The number of nitrogens with zero attached hydrogens (tertiary/aromatic N) is 1. The number of imidazole rings is 1. The summed E-state index contributed by atoms with van der Waals surface area (Å²) in [6.07, 6.45) is 3.72. The van der Waals surface area contributed by atoms with Crippen LogP contribution >= 0.6 is 0 Å². The van der Waals surface area contributed by atoms with Gasteiger partial charge in [0, 0.05) is 12.1 Å². The van der Waals surface area contributed by atoms with Gasteiger partial charge in [-0.25, -0.2) is 4.98 Å². The monoisotopic (exact) mass is 186 g/mol. The minimum absolute atomic E-state index is 0.948. The Kier molecular flexibility index (Phi) is 2.63. The van der Waals surface area contributed by atoms with E-state index in [1.807, 2.05) is 6.07 Å². The van der Waals surface area contributed by atoms with Gasteiger partial charge in [-0.2, -0.15) is 0 Å². The van der Waals surface area contributed by atoms with Crippen molar-refractivity contribution in [3.8, 4) is 0 Å². The molecule has 0 saturated carbocycles. The summed E-state index contributed by atoms with van der Waals surface area (Å²) in [7, 11) is 0. The highest BCUT2D eigenvalue weighted by Gasteiger charge is 2.03. The summed E-state index contributed by atoms with van der Waals surface area (Å²) in [6, 6.07) is 10.5. The van der Waals surface area contributed by atoms with Crippen LogP contribution < -0.4 is 0 Å². The van der Waals surface area contributed by atoms with Crippen LogP contribution in [0.5, 0.6) is 0 Å². The van der Waals surface area contributed by atoms with Crippen LogP contribution in [0.1, 0.15) is 23.9 Å². The molecular weight excluding hydrogens is 172 g/mol. The van der Waals surface area contributed by atoms with Crippen LogP contribution in [0.4, 0.5) is 0 Å². The smallest absolute Gasteiger partial charge is 0.0925 e. The summed E-state index contributed by atoms with van der Waals surface area (Å²) in [5.41, 5.74) is 3.74. The van der Waals surface area contributed by atoms with Crippen molar-refractivity contribution in [2.75, 3.05) is 0 Å². The molecule has 1 heterocycles. The molecule has 0 aliphatic rings. The van der Waals surface area contributed by atoms with Crippen LogP contribution in [0.15, 0.2) is 36.7 Å². The fraction of sp³-hybridized carbons (Fsp3) is 0.250. The molecule has 0 radical (unpaired) electrons. The highest BCUT2D eigenvalue weighted by Crippen LogP contribution is 2.10. The Morgan fingerprint density at radius 2 is 2.00 bits per heavy atom. The lowest BCUT2D eigenvalue weighted by atomic mass is 10.1. The van der Waals surface area contributed by atoms with Crippen molar-refractivity contribution in [3.05, 3.63) is 53.6 Å². The summed E-state index contributed by atoms with van der Waals surface area (Å²) >= 11 is 0. The maximum Gasteiger partial charge on any atom is 0.0925 e. The van der Waals surface area contributed by atoms with Crippen LogP contribution in [0.25, 0.3) is 0 Å². The first kappa shape index (κ1) is 9.00. The summed E-state index contributed by atoms with van der Waals surface area (Å²) in [4.78, 5) is 7.47. The van der Waals surface area contributed by atoms with Crippen LogP contribution in [-0.4, -0.2) is 9.97 Å². The van der Waals surface area contributed by atoms with Crippen LogP contribution in [0.3, 0.4) is 0 Å². The quantitative estimate of drug-likeness (QED) is 0.784. The van der Waals surface area contributed by atoms with Gasteiger partial charge in [0.05, 0.1) is 12.0 Å². The fourth-order valence-electron chi connectivity index (χ4n) is 1.61. The van der Waals surface area contributed by atoms with Crippen molar-refractivity contribution >= 4 is 0 Å². The lowest BCUT2D eigenvalue weighted by Crippen LogP contribution is -1.93. The summed E-state index contributed by atoms with van der Waals surface area (Å²) in [5.74, 6) is 0. The van der Waals surface area contributed by atoms with E-state index >= 15 is 0 Å². The van der Waals surface area contributed by atoms with Crippen LogP contribution in [-0.2, 0) is 12.8 Å². The minimum atomic E-state index is 0.948. The number of aromatic nitrogens is 2. The zero-order chi connectivity index (χ0) is 9.80. The molecule has 14 heavy (non-hydrogen) atoms. The number of hydrogen-bond donors (Lipinski definition) is 1. The van der Waals surface area contributed by atoms with E-state index in [1.54, 1.807) is 6.33 Å². The number of aryl methyl sites for hydroxylation is 1. The molecule has 0 aliphatic heterocycles. The number of aromatic amines is 1. The second-order valence-corrected chi connectivity index (χ2v) is 3.34. The first-order valence-corrected chi connectivity index (χ1v) is 4.95. The Hall–Kier alpha value is -1.57. The first-order chi connectivity index (χ1) is 6.90. The average molecular weight is 186 g/mol. The van der Waals surface area contributed by atoms with E-state index in [4.69, 9.17) is 0 Å². The van der Waals surface area contributed by atoms with Crippen molar-refractivity contribution in [2.45, 2.75) is 19.8 Å². The van der Waals surface area contributed by atoms with Crippen molar-refractivity contribution < 1.29 is 0 Å². The standard InChI is InChI=1S/C12H14N2/c1-2-11-12(14-9-13-11)8-10-6-4-3-5-7-10/h3-7,9H,2,8H2,1H3,(H,13,14). The maximum atomic E-state index is 4.28. The van der Waals surface area contributed by atoms with Crippen molar-refractivity contribution in [3.63, 3.8) is 0 Å². The molecule has 0 bridgehead atoms. The zero-order valence-electron chi connectivity index (χ0n) is 8.33. The molecule has 0 saturated heterocycles. The average Bonchev–Trinajstić information content (AvgIpc) is 2.67. The third kappa shape index (κ3) is 1.84. The Bertz CT molecular complexity index is 390. The molecule has 0 aliphatic carbocycles. The summed E-state index contributed by atoms with van der Waals surface area (Å²) < 4.78 is 0. The van der Waals surface area contributed by atoms with Crippen molar-refractivity contribution in [2.24, 2.45) is 0 Å². The molecule has 1 aromatic carbocycles. The molecule has 0 amide bonds. The molecule has 0 unspecified atom stereocenters. The molecule has 72 valence electrons. The minimum Gasteiger partial charge on any atom is -0.348 e. The Labute approximate surface area is 84.0 Å². The molecule has 2 nitrogen and oxygen atoms in total. The Morgan fingerprint density at radius 1 is 1.21 bits per heavy atom. The lowest BCUT2D eigenvalue weighted by Gasteiger charge is -2.00. The second kappa shape index (κ2) is 4.09. The Morgan fingerprint density at radius 3 is 2.71 bits per heavy atom. The topological polar surface area (TPSA) is 28.7 Å². The predicted molar refractivity (Wildman–Crippen MR) is 57.2 cm³/mol. The molecule has 2 heteroatoms. The van der Waals surface area contributed by atoms with E-state index in [9.17, 15) is 0 Å². The van der Waals surface area contributed by atoms with Crippen molar-refractivity contribution in [1.82, 2.24) is 9.97 Å². The van der Waals surface area contributed by atoms with Crippen molar-refractivity contribution in [1.29, 1.82) is 0 Å². The fourth-order valence-corrected chi connectivity index (χ4v) is 1.61. The third-order valence-electron chi connectivity index (χ3n) is 2.37. The van der Waals surface area contributed by atoms with E-state index in [-0.39, 0.29) is 0 Å². The van der Waals surface area contributed by atoms with Gasteiger partial charge in [-0.3, -0.25) is 0 Å². The number of benzene rings is 1. The van der Waals surface area contributed by atoms with Gasteiger partial charge >= 0.3 is 0 Å². The highest BCUT2D eigenvalue weighted by atomic mass is 14.9. The number of nitrogens with one attached hydrogen (secondary N) is 1. The molecule has 1 aromatic heterocycles. The van der Waals surface area contributed by atoms with E-state index in [0.717, 1.165) is 12.8 Å². The molecule has 0 atom stereocenters. The number of rotatable bonds is 3. The highest BCUT2D eigenvalue weighted by molar-refractivity contribution is 5.23. The van der Waals surface area contributed by atoms with Gasteiger partial charge in [0.25, 0.3) is 0 Å².